The van der Waals surface area contributed by atoms with Crippen LogP contribution in [0.2, 0.25) is 0 Å². The Morgan fingerprint density at radius 3 is 0.900 bits per heavy atom. The van der Waals surface area contributed by atoms with Gasteiger partial charge in [0.1, 0.15) is 0 Å². The molecule has 0 aliphatic carbocycles. The lowest BCUT2D eigenvalue weighted by molar-refractivity contribution is 0.642. The molecule has 4 nitrogen and oxygen atoms in total. The molecule has 10 rings (SSSR count). The average Bonchev–Trinajstić information content (AvgIpc) is 3.71. The highest BCUT2D eigenvalue weighted by atomic mass is 15.2. The van der Waals surface area contributed by atoms with Gasteiger partial charge in [-0.05, 0) is 157 Å². The third-order valence-electron chi connectivity index (χ3n) is 13.0. The fourth-order valence-corrected chi connectivity index (χ4v) is 9.52. The second kappa shape index (κ2) is 15.6. The minimum Gasteiger partial charge on any atom is -0.338 e. The molecule has 0 spiro atoms. The molecule has 294 valence electrons. The highest BCUT2D eigenvalue weighted by Gasteiger charge is 2.36. The Hall–Kier alpha value is -7.04. The number of benzene rings is 8. The molecule has 8 aromatic carbocycles. The summed E-state index contributed by atoms with van der Waals surface area (Å²) in [6, 6.07) is 75.5. The highest BCUT2D eigenvalue weighted by molar-refractivity contribution is 5.84. The van der Waals surface area contributed by atoms with Gasteiger partial charge in [-0.3, -0.25) is 0 Å². The second-order valence-electron chi connectivity index (χ2n) is 16.4. The zero-order valence-corrected chi connectivity index (χ0v) is 34.7. The fourth-order valence-electron chi connectivity index (χ4n) is 9.52. The Morgan fingerprint density at radius 2 is 0.600 bits per heavy atom. The number of nitrogens with zero attached hydrogens (tertiary/aromatic N) is 4. The maximum atomic E-state index is 2.53. The largest absolute Gasteiger partial charge is 0.338 e. The molecule has 4 atom stereocenters. The second-order valence-corrected chi connectivity index (χ2v) is 16.4. The van der Waals surface area contributed by atoms with Crippen LogP contribution in [0.5, 0.6) is 0 Å². The molecule has 2 aliphatic rings. The van der Waals surface area contributed by atoms with Gasteiger partial charge < -0.3 is 19.6 Å². The van der Waals surface area contributed by atoms with Gasteiger partial charge >= 0.3 is 0 Å². The normalized spacial score (nSPS) is 17.9. The molecule has 0 aromatic heterocycles. The van der Waals surface area contributed by atoms with E-state index in [-0.39, 0.29) is 0 Å². The van der Waals surface area contributed by atoms with E-state index in [4.69, 9.17) is 0 Å². The minimum absolute atomic E-state index is 0.328. The summed E-state index contributed by atoms with van der Waals surface area (Å²) in [6.07, 6.45) is 0. The van der Waals surface area contributed by atoms with Crippen LogP contribution < -0.4 is 19.6 Å². The van der Waals surface area contributed by atoms with E-state index in [1.54, 1.807) is 0 Å². The first kappa shape index (κ1) is 37.2. The van der Waals surface area contributed by atoms with Crippen LogP contribution in [0.3, 0.4) is 0 Å². The maximum absolute atomic E-state index is 2.53. The first-order valence-electron chi connectivity index (χ1n) is 21.3. The number of hydrogen-bond acceptors (Lipinski definition) is 4. The van der Waals surface area contributed by atoms with Crippen molar-refractivity contribution in [2.75, 3.05) is 19.6 Å². The molecule has 0 bridgehead atoms. The molecule has 8 aromatic rings. The van der Waals surface area contributed by atoms with E-state index in [1.807, 2.05) is 0 Å². The standard InChI is InChI=1S/C56H50N4/c1-39-41(3)57(49-27-31-51(32-28-49)59(45-17-9-5-10-18-45)46-19-11-6-12-20-46)55-35-25-43(37-53(39)55)44-26-36-56-54(38-44)40(2)42(4)58(56)50-29-33-52(34-30-50)60(47-21-13-7-14-22-47)48-23-15-8-16-24-48/h5-42H,1-4H3. The van der Waals surface area contributed by atoms with Crippen molar-refractivity contribution >= 4 is 56.9 Å². The molecule has 0 fully saturated rings. The van der Waals surface area contributed by atoms with E-state index in [9.17, 15) is 0 Å². The van der Waals surface area contributed by atoms with Crippen LogP contribution in [-0.2, 0) is 0 Å². The molecule has 2 heterocycles. The summed E-state index contributed by atoms with van der Waals surface area (Å²) < 4.78 is 0. The Kier molecular flexibility index (Phi) is 9.69. The number of anilines is 10. The number of para-hydroxylation sites is 4. The van der Waals surface area contributed by atoms with Gasteiger partial charge in [0, 0.05) is 80.8 Å². The Morgan fingerprint density at radius 1 is 0.317 bits per heavy atom. The first-order valence-corrected chi connectivity index (χ1v) is 21.3. The first-order chi connectivity index (χ1) is 29.4. The van der Waals surface area contributed by atoms with E-state index in [2.05, 4.69) is 254 Å². The van der Waals surface area contributed by atoms with Crippen LogP contribution in [0, 0.1) is 0 Å². The lowest BCUT2D eigenvalue weighted by Gasteiger charge is -2.29. The van der Waals surface area contributed by atoms with Crippen LogP contribution in [0.1, 0.15) is 50.7 Å². The minimum atomic E-state index is 0.328. The molecule has 60 heavy (non-hydrogen) atoms. The van der Waals surface area contributed by atoms with Crippen molar-refractivity contribution in [3.63, 3.8) is 0 Å². The summed E-state index contributed by atoms with van der Waals surface area (Å²) in [5, 5.41) is 0. The van der Waals surface area contributed by atoms with Gasteiger partial charge in [-0.25, -0.2) is 0 Å². The van der Waals surface area contributed by atoms with Gasteiger partial charge in [0.2, 0.25) is 0 Å². The average molecular weight is 779 g/mol. The van der Waals surface area contributed by atoms with E-state index in [0.29, 0.717) is 23.9 Å². The van der Waals surface area contributed by atoms with Crippen LogP contribution >= 0.6 is 0 Å². The highest BCUT2D eigenvalue weighted by Crippen LogP contribution is 2.50. The van der Waals surface area contributed by atoms with Crippen molar-refractivity contribution in [3.8, 4) is 11.1 Å². The molecule has 0 saturated heterocycles. The fraction of sp³-hybridized carbons (Fsp3) is 0.143. The van der Waals surface area contributed by atoms with Gasteiger partial charge in [-0.1, -0.05) is 98.8 Å². The summed E-state index contributed by atoms with van der Waals surface area (Å²) >= 11 is 0. The van der Waals surface area contributed by atoms with Crippen molar-refractivity contribution in [3.05, 3.63) is 217 Å². The number of rotatable bonds is 9. The maximum Gasteiger partial charge on any atom is 0.0463 e. The summed E-state index contributed by atoms with van der Waals surface area (Å²) in [7, 11) is 0. The van der Waals surface area contributed by atoms with E-state index >= 15 is 0 Å². The predicted molar refractivity (Wildman–Crippen MR) is 254 cm³/mol. The molecule has 0 radical (unpaired) electrons. The van der Waals surface area contributed by atoms with E-state index < -0.39 is 0 Å². The van der Waals surface area contributed by atoms with Crippen molar-refractivity contribution < 1.29 is 0 Å². The molecule has 4 unspecified atom stereocenters. The van der Waals surface area contributed by atoms with Crippen LogP contribution in [0.15, 0.2) is 206 Å². The molecule has 2 aliphatic heterocycles. The SMILES string of the molecule is CC1c2cc(-c3ccc4c(c3)C(C)C(C)N4c3ccc(N(c4ccccc4)c4ccccc4)cc3)ccc2N(c2ccc(N(c3ccccc3)c3ccccc3)cc2)C1C. The zero-order valence-electron chi connectivity index (χ0n) is 34.7. The van der Waals surface area contributed by atoms with E-state index in [0.717, 1.165) is 34.1 Å². The van der Waals surface area contributed by atoms with Crippen LogP contribution in [0.25, 0.3) is 11.1 Å². The molecular formula is C56H50N4. The molecule has 4 heteroatoms. The molecular weight excluding hydrogens is 729 g/mol. The number of fused-ring (bicyclic) bond motifs is 2. The molecule has 0 saturated carbocycles. The Bertz CT molecular complexity index is 2450. The van der Waals surface area contributed by atoms with Gasteiger partial charge in [-0.15, -0.1) is 0 Å². The zero-order chi connectivity index (χ0) is 40.7. The number of hydrogen-bond donors (Lipinski definition) is 0. The van der Waals surface area contributed by atoms with Crippen LogP contribution in [0.4, 0.5) is 56.9 Å². The quantitative estimate of drug-likeness (QED) is 0.145. The Labute approximate surface area is 355 Å². The van der Waals surface area contributed by atoms with Gasteiger partial charge in [0.05, 0.1) is 0 Å². The van der Waals surface area contributed by atoms with Crippen molar-refractivity contribution in [2.45, 2.75) is 51.6 Å². The third-order valence-corrected chi connectivity index (χ3v) is 13.0. The predicted octanol–water partition coefficient (Wildman–Crippen LogP) is 15.6. The van der Waals surface area contributed by atoms with Gasteiger partial charge in [-0.2, -0.15) is 0 Å². The molecule has 0 N–H and O–H groups in total. The third kappa shape index (κ3) is 6.59. The van der Waals surface area contributed by atoms with E-state index in [1.165, 1.54) is 45.0 Å². The monoisotopic (exact) mass is 778 g/mol. The van der Waals surface area contributed by atoms with Gasteiger partial charge in [0.25, 0.3) is 0 Å². The molecule has 0 amide bonds. The smallest absolute Gasteiger partial charge is 0.0463 e. The van der Waals surface area contributed by atoms with Gasteiger partial charge in [0.15, 0.2) is 0 Å². The lowest BCUT2D eigenvalue weighted by Crippen LogP contribution is -2.25. The summed E-state index contributed by atoms with van der Waals surface area (Å²) in [6.45, 7) is 9.48. The summed E-state index contributed by atoms with van der Waals surface area (Å²) in [5.74, 6) is 0.771. The van der Waals surface area contributed by atoms with Crippen molar-refractivity contribution in [1.82, 2.24) is 0 Å². The summed E-state index contributed by atoms with van der Waals surface area (Å²) in [5.41, 5.74) is 17.2. The Balaban J connectivity index is 0.921. The van der Waals surface area contributed by atoms with Crippen molar-refractivity contribution in [1.29, 1.82) is 0 Å². The summed E-state index contributed by atoms with van der Waals surface area (Å²) in [4.78, 5) is 9.69. The van der Waals surface area contributed by atoms with Crippen molar-refractivity contribution in [2.24, 2.45) is 0 Å². The van der Waals surface area contributed by atoms with Crippen LogP contribution in [-0.4, -0.2) is 12.1 Å². The topological polar surface area (TPSA) is 13.0 Å². The lowest BCUT2D eigenvalue weighted by atomic mass is 9.92.